The monoisotopic (exact) mass is 392 g/mol. The lowest BCUT2D eigenvalue weighted by molar-refractivity contribution is 1.19. The maximum Gasteiger partial charge on any atom is 0.0463 e. The summed E-state index contributed by atoms with van der Waals surface area (Å²) in [4.78, 5) is 4.52. The summed E-state index contributed by atoms with van der Waals surface area (Å²) in [6.07, 6.45) is 0. The number of rotatable bonds is 5. The standard InChI is InChI=1S/C28H28N2/c1-21-8-12-25(13-9-21)30(26-14-10-22(2)11-15-26)27-18-16-24(17-19-27)29(4)28-7-5-6-23(3)20-28/h5-20H,1-4H3. The molecule has 4 rings (SSSR count). The van der Waals surface area contributed by atoms with Gasteiger partial charge in [0.15, 0.2) is 0 Å². The van der Waals surface area contributed by atoms with Crippen molar-refractivity contribution in [2.45, 2.75) is 20.8 Å². The summed E-state index contributed by atoms with van der Waals surface area (Å²) in [6.45, 7) is 6.37. The van der Waals surface area contributed by atoms with Gasteiger partial charge in [0.1, 0.15) is 0 Å². The first kappa shape index (κ1) is 19.8. The van der Waals surface area contributed by atoms with Gasteiger partial charge in [0, 0.05) is 35.5 Å². The molecule has 0 saturated carbocycles. The number of benzene rings is 4. The van der Waals surface area contributed by atoms with Gasteiger partial charge in [-0.05, 0) is 87.0 Å². The molecule has 0 N–H and O–H groups in total. The van der Waals surface area contributed by atoms with Crippen LogP contribution in [0.5, 0.6) is 0 Å². The third kappa shape index (κ3) is 4.23. The SMILES string of the molecule is Cc1ccc(N(c2ccc(C)cc2)c2ccc(N(C)c3cccc(C)c3)cc2)cc1. The van der Waals surface area contributed by atoms with E-state index in [2.05, 4.69) is 135 Å². The molecule has 30 heavy (non-hydrogen) atoms. The Kier molecular flexibility index (Phi) is 5.58. The second kappa shape index (κ2) is 8.46. The highest BCUT2D eigenvalue weighted by Gasteiger charge is 2.13. The predicted octanol–water partition coefficient (Wildman–Crippen LogP) is 7.85. The average molecular weight is 393 g/mol. The third-order valence-electron chi connectivity index (χ3n) is 5.47. The Labute approximate surface area is 180 Å². The number of anilines is 5. The summed E-state index contributed by atoms with van der Waals surface area (Å²) < 4.78 is 0. The van der Waals surface area contributed by atoms with E-state index in [-0.39, 0.29) is 0 Å². The van der Waals surface area contributed by atoms with Gasteiger partial charge < -0.3 is 9.80 Å². The summed E-state index contributed by atoms with van der Waals surface area (Å²) in [6, 6.07) is 34.7. The van der Waals surface area contributed by atoms with E-state index in [9.17, 15) is 0 Å². The Morgan fingerprint density at radius 2 is 0.867 bits per heavy atom. The first-order valence-electron chi connectivity index (χ1n) is 10.4. The molecular weight excluding hydrogens is 364 g/mol. The van der Waals surface area contributed by atoms with Crippen LogP contribution in [0.3, 0.4) is 0 Å². The summed E-state index contributed by atoms with van der Waals surface area (Å²) in [5.74, 6) is 0. The molecule has 0 radical (unpaired) electrons. The first-order valence-corrected chi connectivity index (χ1v) is 10.4. The van der Waals surface area contributed by atoms with E-state index >= 15 is 0 Å². The van der Waals surface area contributed by atoms with Crippen LogP contribution in [-0.4, -0.2) is 7.05 Å². The zero-order chi connectivity index (χ0) is 21.1. The van der Waals surface area contributed by atoms with Gasteiger partial charge in [-0.15, -0.1) is 0 Å². The van der Waals surface area contributed by atoms with E-state index in [0.29, 0.717) is 0 Å². The first-order chi connectivity index (χ1) is 14.5. The van der Waals surface area contributed by atoms with Crippen molar-refractivity contribution < 1.29 is 0 Å². The van der Waals surface area contributed by atoms with Crippen LogP contribution in [0, 0.1) is 20.8 Å². The highest BCUT2D eigenvalue weighted by Crippen LogP contribution is 2.36. The average Bonchev–Trinajstić information content (AvgIpc) is 2.76. The van der Waals surface area contributed by atoms with Crippen LogP contribution in [0.4, 0.5) is 28.4 Å². The molecule has 0 atom stereocenters. The Bertz CT molecular complexity index is 1070. The lowest BCUT2D eigenvalue weighted by atomic mass is 10.1. The minimum absolute atomic E-state index is 1.14. The molecule has 2 nitrogen and oxygen atoms in total. The van der Waals surface area contributed by atoms with Gasteiger partial charge in [0.2, 0.25) is 0 Å². The van der Waals surface area contributed by atoms with Gasteiger partial charge in [0.25, 0.3) is 0 Å². The second-order valence-corrected chi connectivity index (χ2v) is 7.92. The number of hydrogen-bond acceptors (Lipinski definition) is 2. The van der Waals surface area contributed by atoms with Crippen LogP contribution in [0.2, 0.25) is 0 Å². The lowest BCUT2D eigenvalue weighted by Gasteiger charge is -2.27. The molecule has 0 amide bonds. The molecule has 0 bridgehead atoms. The smallest absolute Gasteiger partial charge is 0.0463 e. The van der Waals surface area contributed by atoms with Gasteiger partial charge >= 0.3 is 0 Å². The van der Waals surface area contributed by atoms with E-state index < -0.39 is 0 Å². The highest BCUT2D eigenvalue weighted by molar-refractivity contribution is 5.78. The molecule has 4 aromatic carbocycles. The molecule has 4 aromatic rings. The van der Waals surface area contributed by atoms with Crippen LogP contribution >= 0.6 is 0 Å². The van der Waals surface area contributed by atoms with E-state index in [0.717, 1.165) is 22.7 Å². The van der Waals surface area contributed by atoms with Gasteiger partial charge in [-0.3, -0.25) is 0 Å². The van der Waals surface area contributed by atoms with E-state index in [1.54, 1.807) is 0 Å². The Hall–Kier alpha value is -3.52. The summed E-state index contributed by atoms with van der Waals surface area (Å²) in [5.41, 5.74) is 9.60. The quantitative estimate of drug-likeness (QED) is 0.341. The van der Waals surface area contributed by atoms with Crippen molar-refractivity contribution in [2.75, 3.05) is 16.8 Å². The third-order valence-corrected chi connectivity index (χ3v) is 5.47. The normalized spacial score (nSPS) is 10.7. The molecule has 0 aliphatic carbocycles. The zero-order valence-electron chi connectivity index (χ0n) is 18.1. The van der Waals surface area contributed by atoms with Gasteiger partial charge in [0.05, 0.1) is 0 Å². The molecule has 0 aliphatic rings. The highest BCUT2D eigenvalue weighted by atomic mass is 15.1. The lowest BCUT2D eigenvalue weighted by Crippen LogP contribution is -2.12. The molecule has 0 unspecified atom stereocenters. The van der Waals surface area contributed by atoms with Crippen molar-refractivity contribution in [3.8, 4) is 0 Å². The van der Waals surface area contributed by atoms with Gasteiger partial charge in [-0.25, -0.2) is 0 Å². The van der Waals surface area contributed by atoms with Crippen LogP contribution in [0.1, 0.15) is 16.7 Å². The van der Waals surface area contributed by atoms with E-state index in [1.165, 1.54) is 22.4 Å². The minimum Gasteiger partial charge on any atom is -0.345 e. The van der Waals surface area contributed by atoms with Crippen LogP contribution in [0.15, 0.2) is 97.1 Å². The van der Waals surface area contributed by atoms with Crippen molar-refractivity contribution in [1.82, 2.24) is 0 Å². The van der Waals surface area contributed by atoms with Crippen LogP contribution in [0.25, 0.3) is 0 Å². The largest absolute Gasteiger partial charge is 0.345 e. The van der Waals surface area contributed by atoms with Crippen LogP contribution in [-0.2, 0) is 0 Å². The number of hydrogen-bond donors (Lipinski definition) is 0. The van der Waals surface area contributed by atoms with Gasteiger partial charge in [-0.2, -0.15) is 0 Å². The molecule has 150 valence electrons. The minimum atomic E-state index is 1.14. The summed E-state index contributed by atoms with van der Waals surface area (Å²) >= 11 is 0. The Morgan fingerprint density at radius 1 is 0.433 bits per heavy atom. The molecular formula is C28H28N2. The topological polar surface area (TPSA) is 6.48 Å². The van der Waals surface area contributed by atoms with Crippen molar-refractivity contribution in [3.05, 3.63) is 114 Å². The molecule has 0 heterocycles. The van der Waals surface area contributed by atoms with Crippen molar-refractivity contribution in [2.24, 2.45) is 0 Å². The number of nitrogens with zero attached hydrogens (tertiary/aromatic N) is 2. The van der Waals surface area contributed by atoms with E-state index in [1.807, 2.05) is 0 Å². The molecule has 0 spiro atoms. The summed E-state index contributed by atoms with van der Waals surface area (Å²) in [7, 11) is 2.11. The fourth-order valence-corrected chi connectivity index (χ4v) is 3.65. The fourth-order valence-electron chi connectivity index (χ4n) is 3.65. The van der Waals surface area contributed by atoms with Crippen molar-refractivity contribution in [1.29, 1.82) is 0 Å². The predicted molar refractivity (Wildman–Crippen MR) is 130 cm³/mol. The Balaban J connectivity index is 1.70. The molecule has 0 aromatic heterocycles. The van der Waals surface area contributed by atoms with E-state index in [4.69, 9.17) is 0 Å². The van der Waals surface area contributed by atoms with Crippen molar-refractivity contribution in [3.63, 3.8) is 0 Å². The van der Waals surface area contributed by atoms with Crippen molar-refractivity contribution >= 4 is 28.4 Å². The maximum absolute atomic E-state index is 2.30. The second-order valence-electron chi connectivity index (χ2n) is 7.92. The summed E-state index contributed by atoms with van der Waals surface area (Å²) in [5, 5.41) is 0. The molecule has 0 fully saturated rings. The fraction of sp³-hybridized carbons (Fsp3) is 0.143. The maximum atomic E-state index is 2.30. The Morgan fingerprint density at radius 3 is 1.33 bits per heavy atom. The molecule has 0 saturated heterocycles. The zero-order valence-corrected chi connectivity index (χ0v) is 18.1. The van der Waals surface area contributed by atoms with Gasteiger partial charge in [-0.1, -0.05) is 47.5 Å². The molecule has 0 aliphatic heterocycles. The number of aryl methyl sites for hydroxylation is 3. The van der Waals surface area contributed by atoms with Crippen LogP contribution < -0.4 is 9.80 Å². The molecule has 2 heteroatoms.